The molecular formula is C30H40N2O2Si2. The van der Waals surface area contributed by atoms with Crippen LogP contribution < -0.4 is 0 Å². The van der Waals surface area contributed by atoms with E-state index >= 15 is 0 Å². The third kappa shape index (κ3) is 3.82. The van der Waals surface area contributed by atoms with Crippen molar-refractivity contribution in [3.8, 4) is 12.1 Å². The van der Waals surface area contributed by atoms with Gasteiger partial charge >= 0.3 is 0 Å². The van der Waals surface area contributed by atoms with Gasteiger partial charge in [-0.2, -0.15) is 10.5 Å². The Labute approximate surface area is 219 Å². The highest BCUT2D eigenvalue weighted by Gasteiger charge is 2.82. The maximum atomic E-state index is 11.0. The Bertz CT molecular complexity index is 1100. The molecule has 2 fully saturated rings. The highest BCUT2D eigenvalue weighted by Crippen LogP contribution is 2.80. The number of benzene rings is 2. The average Bonchev–Trinajstić information content (AvgIpc) is 3.14. The summed E-state index contributed by atoms with van der Waals surface area (Å²) in [5.41, 5.74) is -1.12. The Morgan fingerprint density at radius 1 is 0.639 bits per heavy atom. The van der Waals surface area contributed by atoms with Gasteiger partial charge in [-0.1, -0.05) is 74.5 Å². The Morgan fingerprint density at radius 3 is 1.19 bits per heavy atom. The zero-order valence-corrected chi connectivity index (χ0v) is 25.1. The maximum absolute atomic E-state index is 11.0. The van der Waals surface area contributed by atoms with Crippen LogP contribution in [0.15, 0.2) is 60.7 Å². The molecule has 0 bridgehead atoms. The van der Waals surface area contributed by atoms with Crippen LogP contribution in [-0.2, 0) is 8.85 Å². The Kier molecular flexibility index (Phi) is 6.46. The van der Waals surface area contributed by atoms with Crippen LogP contribution in [0, 0.1) is 33.5 Å². The van der Waals surface area contributed by atoms with E-state index in [9.17, 15) is 10.5 Å². The van der Waals surface area contributed by atoms with Crippen LogP contribution in [0.25, 0.3) is 0 Å². The first kappa shape index (κ1) is 26.8. The summed E-state index contributed by atoms with van der Waals surface area (Å²) in [4.78, 5) is 0. The van der Waals surface area contributed by atoms with Crippen molar-refractivity contribution in [3.05, 3.63) is 71.8 Å². The first-order chi connectivity index (χ1) is 16.7. The van der Waals surface area contributed by atoms with E-state index in [0.717, 1.165) is 11.1 Å². The largest absolute Gasteiger partial charge is 0.399 e. The molecule has 4 unspecified atom stereocenters. The quantitative estimate of drug-likeness (QED) is 0.371. The van der Waals surface area contributed by atoms with Crippen molar-refractivity contribution in [1.29, 1.82) is 10.5 Å². The number of rotatable bonds is 6. The van der Waals surface area contributed by atoms with Crippen LogP contribution in [0.5, 0.6) is 0 Å². The van der Waals surface area contributed by atoms with Crippen molar-refractivity contribution < 1.29 is 8.85 Å². The lowest BCUT2D eigenvalue weighted by atomic mass is 9.55. The zero-order valence-electron chi connectivity index (χ0n) is 23.1. The number of hydrogen-bond donors (Lipinski definition) is 0. The van der Waals surface area contributed by atoms with Crippen LogP contribution in [0.1, 0.15) is 49.7 Å². The second kappa shape index (κ2) is 8.67. The lowest BCUT2D eigenvalue weighted by Gasteiger charge is -2.52. The summed E-state index contributed by atoms with van der Waals surface area (Å²) in [6.45, 7) is 17.4. The van der Waals surface area contributed by atoms with Crippen LogP contribution >= 0.6 is 0 Å². The van der Waals surface area contributed by atoms with Crippen LogP contribution in [0.2, 0.25) is 39.3 Å². The normalized spacial score (nSPS) is 36.2. The lowest BCUT2D eigenvalue weighted by molar-refractivity contribution is -0.0810. The molecule has 0 aliphatic heterocycles. The fraction of sp³-hybridized carbons (Fsp3) is 0.533. The van der Waals surface area contributed by atoms with E-state index in [1.54, 1.807) is 0 Å². The number of nitrogens with zero attached hydrogens (tertiary/aromatic N) is 2. The Morgan fingerprint density at radius 2 is 0.944 bits per heavy atom. The van der Waals surface area contributed by atoms with Gasteiger partial charge in [0.15, 0.2) is 27.8 Å². The predicted molar refractivity (Wildman–Crippen MR) is 149 cm³/mol. The standard InChI is InChI=1S/C30H40N2O2Si2/c1-27-25(23-15-11-9-12-16-23)19-30(22-32,34-36(6,7)8)28(27,2)26(24-17-13-10-14-18-24)20-29(27,21-31)33-35(3,4)5/h9-18,25-26H,19-20H2,1-8H3/t25?,26?,27-,28+,29?,30?. The molecule has 4 rings (SSSR count). The molecule has 2 aliphatic rings. The van der Waals surface area contributed by atoms with E-state index in [4.69, 9.17) is 8.85 Å². The van der Waals surface area contributed by atoms with Crippen molar-refractivity contribution in [1.82, 2.24) is 0 Å². The van der Waals surface area contributed by atoms with Crippen molar-refractivity contribution in [2.45, 2.75) is 89.0 Å². The smallest absolute Gasteiger partial charge is 0.185 e. The second-order valence-corrected chi connectivity index (χ2v) is 21.9. The molecular weight excluding hydrogens is 477 g/mol. The first-order valence-corrected chi connectivity index (χ1v) is 19.8. The van der Waals surface area contributed by atoms with E-state index < -0.39 is 38.7 Å². The van der Waals surface area contributed by atoms with Gasteiger partial charge in [-0.05, 0) is 75.1 Å². The SMILES string of the molecule is C[C@@]12C(c3ccccc3)CC(C#N)(O[Si](C)(C)C)[C@@]1(C)C(c1ccccc1)CC2(C#N)O[Si](C)(C)C. The summed E-state index contributed by atoms with van der Waals surface area (Å²) in [5, 5.41) is 22.1. The van der Waals surface area contributed by atoms with E-state index in [-0.39, 0.29) is 11.8 Å². The molecule has 2 aromatic rings. The van der Waals surface area contributed by atoms with Gasteiger partial charge in [0.2, 0.25) is 0 Å². The average molecular weight is 517 g/mol. The topological polar surface area (TPSA) is 66.0 Å². The number of hydrogen-bond acceptors (Lipinski definition) is 4. The van der Waals surface area contributed by atoms with E-state index in [1.807, 2.05) is 12.1 Å². The fourth-order valence-electron chi connectivity index (χ4n) is 7.52. The Hall–Kier alpha value is -2.23. The van der Waals surface area contributed by atoms with E-state index in [2.05, 4.69) is 114 Å². The summed E-state index contributed by atoms with van der Waals surface area (Å²) in [6.07, 6.45) is 1.10. The van der Waals surface area contributed by atoms with Crippen LogP contribution in [0.3, 0.4) is 0 Å². The first-order valence-electron chi connectivity index (χ1n) is 13.0. The third-order valence-electron chi connectivity index (χ3n) is 8.86. The third-order valence-corrected chi connectivity index (χ3v) is 10.8. The van der Waals surface area contributed by atoms with Crippen molar-refractivity contribution >= 4 is 16.6 Å². The highest BCUT2D eigenvalue weighted by molar-refractivity contribution is 6.70. The van der Waals surface area contributed by atoms with Crippen molar-refractivity contribution in [3.63, 3.8) is 0 Å². The molecule has 2 aromatic carbocycles. The van der Waals surface area contributed by atoms with Gasteiger partial charge in [-0.25, -0.2) is 0 Å². The van der Waals surface area contributed by atoms with Gasteiger partial charge in [0.05, 0.1) is 12.1 Å². The van der Waals surface area contributed by atoms with Gasteiger partial charge in [0, 0.05) is 10.8 Å². The molecule has 6 heteroatoms. The van der Waals surface area contributed by atoms with Crippen molar-refractivity contribution in [2.75, 3.05) is 0 Å². The molecule has 0 amide bonds. The van der Waals surface area contributed by atoms with Gasteiger partial charge in [0.1, 0.15) is 0 Å². The lowest BCUT2D eigenvalue weighted by Crippen LogP contribution is -2.59. The molecule has 0 heterocycles. The highest BCUT2D eigenvalue weighted by atomic mass is 28.4. The maximum Gasteiger partial charge on any atom is 0.185 e. The fourth-order valence-corrected chi connectivity index (χ4v) is 10.3. The molecule has 0 spiro atoms. The molecule has 2 aliphatic carbocycles. The molecule has 4 nitrogen and oxygen atoms in total. The molecule has 0 N–H and O–H groups in total. The summed E-state index contributed by atoms with van der Waals surface area (Å²) in [7, 11) is -4.31. The second-order valence-electron chi connectivity index (χ2n) is 13.0. The molecule has 0 saturated heterocycles. The van der Waals surface area contributed by atoms with Gasteiger partial charge in [-0.15, -0.1) is 0 Å². The molecule has 36 heavy (non-hydrogen) atoms. The molecule has 2 saturated carbocycles. The zero-order chi connectivity index (χ0) is 26.6. The van der Waals surface area contributed by atoms with Crippen molar-refractivity contribution in [2.24, 2.45) is 10.8 Å². The van der Waals surface area contributed by atoms with Gasteiger partial charge in [0.25, 0.3) is 0 Å². The van der Waals surface area contributed by atoms with Gasteiger partial charge < -0.3 is 8.85 Å². The number of fused-ring (bicyclic) bond motifs is 1. The molecule has 0 radical (unpaired) electrons. The molecule has 6 atom stereocenters. The molecule has 190 valence electrons. The minimum Gasteiger partial charge on any atom is -0.399 e. The van der Waals surface area contributed by atoms with Crippen LogP contribution in [-0.4, -0.2) is 27.8 Å². The summed E-state index contributed by atoms with van der Waals surface area (Å²) in [5.74, 6) is -0.131. The Balaban J connectivity index is 2.10. The monoisotopic (exact) mass is 516 g/mol. The number of nitriles is 2. The summed E-state index contributed by atoms with van der Waals surface area (Å²) in [6, 6.07) is 26.3. The van der Waals surface area contributed by atoms with Crippen LogP contribution in [0.4, 0.5) is 0 Å². The predicted octanol–water partition coefficient (Wildman–Crippen LogP) is 7.60. The van der Waals surface area contributed by atoms with Gasteiger partial charge in [-0.3, -0.25) is 0 Å². The van der Waals surface area contributed by atoms with E-state index in [1.165, 1.54) is 0 Å². The summed E-state index contributed by atoms with van der Waals surface area (Å²) >= 11 is 0. The summed E-state index contributed by atoms with van der Waals surface area (Å²) < 4.78 is 14.0. The minimum absolute atomic E-state index is 0.0654. The minimum atomic E-state index is -2.16. The molecule has 0 aromatic heterocycles. The van der Waals surface area contributed by atoms with E-state index in [0.29, 0.717) is 12.8 Å².